The highest BCUT2D eigenvalue weighted by Gasteiger charge is 2.14. The fraction of sp³-hybridized carbons (Fsp3) is 0. The molecule has 0 aliphatic heterocycles. The van der Waals surface area contributed by atoms with Gasteiger partial charge < -0.3 is 8.98 Å². The summed E-state index contributed by atoms with van der Waals surface area (Å²) in [5.41, 5.74) is 13.4. The molecule has 0 N–H and O–H groups in total. The number of fused-ring (bicyclic) bond motifs is 4. The van der Waals surface area contributed by atoms with Crippen LogP contribution >= 0.6 is 0 Å². The van der Waals surface area contributed by atoms with Crippen molar-refractivity contribution in [1.82, 2.24) is 9.55 Å². The topological polar surface area (TPSA) is 31.0 Å². The summed E-state index contributed by atoms with van der Waals surface area (Å²) in [6, 6.07) is 60.0. The molecule has 0 atom stereocenters. The maximum atomic E-state index is 5.96. The molecule has 0 unspecified atom stereocenters. The normalized spacial score (nSPS) is 11.5. The van der Waals surface area contributed by atoms with E-state index in [-0.39, 0.29) is 0 Å². The van der Waals surface area contributed by atoms with Crippen LogP contribution in [0.15, 0.2) is 174 Å². The Morgan fingerprint density at radius 1 is 0.391 bits per heavy atom. The summed E-state index contributed by atoms with van der Waals surface area (Å²) < 4.78 is 8.33. The third-order valence-corrected chi connectivity index (χ3v) is 8.88. The highest BCUT2D eigenvalue weighted by molar-refractivity contribution is 6.10. The van der Waals surface area contributed by atoms with Gasteiger partial charge in [-0.3, -0.25) is 0 Å². The van der Waals surface area contributed by atoms with Crippen molar-refractivity contribution in [3.63, 3.8) is 0 Å². The van der Waals surface area contributed by atoms with Gasteiger partial charge in [-0.25, -0.2) is 4.98 Å². The molecule has 46 heavy (non-hydrogen) atoms. The van der Waals surface area contributed by atoms with Crippen LogP contribution in [0, 0.1) is 0 Å². The molecule has 0 radical (unpaired) electrons. The first kappa shape index (κ1) is 26.2. The third-order valence-electron chi connectivity index (χ3n) is 8.88. The second-order valence-corrected chi connectivity index (χ2v) is 11.6. The van der Waals surface area contributed by atoms with Crippen molar-refractivity contribution in [2.24, 2.45) is 0 Å². The first-order valence-corrected chi connectivity index (χ1v) is 15.5. The Hall–Kier alpha value is -6.19. The molecule has 0 aliphatic rings. The lowest BCUT2D eigenvalue weighted by Gasteiger charge is -2.10. The Kier molecular flexibility index (Phi) is 6.14. The monoisotopic (exact) mass is 588 g/mol. The standard InChI is InChI=1S/C43H28N2O/c1-2-8-29(9-3-1)32-22-25-36(26-23-32)45-40-12-6-4-10-37(40)38-28-35(24-27-41(38)45)33-16-14-30(15-17-33)31-18-20-34(21-19-31)43-44-39-11-5-7-13-42(39)46-43/h1-28H. The molecule has 9 rings (SSSR count). The molecule has 2 heterocycles. The molecule has 9 aromatic rings. The molecule has 0 amide bonds. The van der Waals surface area contributed by atoms with Crippen LogP contribution in [-0.4, -0.2) is 9.55 Å². The van der Waals surface area contributed by atoms with Crippen LogP contribution in [0.3, 0.4) is 0 Å². The average Bonchev–Trinajstić information content (AvgIpc) is 3.72. The van der Waals surface area contributed by atoms with E-state index < -0.39 is 0 Å². The van der Waals surface area contributed by atoms with E-state index in [0.29, 0.717) is 5.89 Å². The first-order chi connectivity index (χ1) is 22.8. The van der Waals surface area contributed by atoms with Crippen LogP contribution in [-0.2, 0) is 0 Å². The average molecular weight is 589 g/mol. The smallest absolute Gasteiger partial charge is 0.227 e. The fourth-order valence-electron chi connectivity index (χ4n) is 6.52. The number of benzene rings is 7. The molecule has 3 heteroatoms. The summed E-state index contributed by atoms with van der Waals surface area (Å²) in [7, 11) is 0. The van der Waals surface area contributed by atoms with Gasteiger partial charge in [0.15, 0.2) is 5.58 Å². The largest absolute Gasteiger partial charge is 0.436 e. The molecule has 0 saturated carbocycles. The first-order valence-electron chi connectivity index (χ1n) is 15.5. The maximum Gasteiger partial charge on any atom is 0.227 e. The van der Waals surface area contributed by atoms with Gasteiger partial charge in [-0.15, -0.1) is 0 Å². The SMILES string of the molecule is c1ccc(-c2ccc(-n3c4ccccc4c4cc(-c5ccc(-c6ccc(-c7nc8ccccc8o7)cc6)cc5)ccc43)cc2)cc1. The minimum atomic E-state index is 0.643. The van der Waals surface area contributed by atoms with Crippen LogP contribution < -0.4 is 0 Å². The Bertz CT molecular complexity index is 2450. The van der Waals surface area contributed by atoms with Gasteiger partial charge in [-0.2, -0.15) is 0 Å². The van der Waals surface area contributed by atoms with E-state index in [1.165, 1.54) is 49.6 Å². The number of nitrogens with zero attached hydrogens (tertiary/aromatic N) is 2. The van der Waals surface area contributed by atoms with E-state index in [0.717, 1.165) is 27.9 Å². The van der Waals surface area contributed by atoms with Gasteiger partial charge in [0.1, 0.15) is 5.52 Å². The Morgan fingerprint density at radius 3 is 1.63 bits per heavy atom. The molecule has 0 aliphatic carbocycles. The maximum absolute atomic E-state index is 5.96. The second-order valence-electron chi connectivity index (χ2n) is 11.6. The molecule has 0 spiro atoms. The number of para-hydroxylation sites is 3. The zero-order valence-corrected chi connectivity index (χ0v) is 25.0. The van der Waals surface area contributed by atoms with Gasteiger partial charge >= 0.3 is 0 Å². The van der Waals surface area contributed by atoms with Gasteiger partial charge in [0.2, 0.25) is 5.89 Å². The summed E-state index contributed by atoms with van der Waals surface area (Å²) in [5.74, 6) is 0.643. The van der Waals surface area contributed by atoms with Crippen LogP contribution in [0.5, 0.6) is 0 Å². The van der Waals surface area contributed by atoms with E-state index in [1.807, 2.05) is 24.3 Å². The molecule has 3 nitrogen and oxygen atoms in total. The van der Waals surface area contributed by atoms with Gasteiger partial charge in [-0.05, 0) is 88.0 Å². The second kappa shape index (κ2) is 10.8. The van der Waals surface area contributed by atoms with Gasteiger partial charge in [0.05, 0.1) is 11.0 Å². The van der Waals surface area contributed by atoms with Crippen LogP contribution in [0.25, 0.3) is 83.4 Å². The summed E-state index contributed by atoms with van der Waals surface area (Å²) in [6.45, 7) is 0. The zero-order valence-electron chi connectivity index (χ0n) is 25.0. The van der Waals surface area contributed by atoms with E-state index in [2.05, 4.69) is 155 Å². The van der Waals surface area contributed by atoms with Crippen molar-refractivity contribution in [1.29, 1.82) is 0 Å². The molecule has 7 aromatic carbocycles. The molecule has 0 fully saturated rings. The van der Waals surface area contributed by atoms with Crippen molar-refractivity contribution in [2.45, 2.75) is 0 Å². The molecule has 2 aromatic heterocycles. The molecular weight excluding hydrogens is 560 g/mol. The Balaban J connectivity index is 1.03. The lowest BCUT2D eigenvalue weighted by atomic mass is 9.98. The van der Waals surface area contributed by atoms with E-state index >= 15 is 0 Å². The predicted molar refractivity (Wildman–Crippen MR) is 190 cm³/mol. The Labute approximate surface area is 266 Å². The predicted octanol–water partition coefficient (Wildman–Crippen LogP) is 11.6. The lowest BCUT2D eigenvalue weighted by Crippen LogP contribution is -1.93. The van der Waals surface area contributed by atoms with Crippen molar-refractivity contribution >= 4 is 32.9 Å². The summed E-state index contributed by atoms with van der Waals surface area (Å²) in [4.78, 5) is 4.64. The van der Waals surface area contributed by atoms with Gasteiger partial charge in [-0.1, -0.05) is 115 Å². The van der Waals surface area contributed by atoms with Crippen molar-refractivity contribution < 1.29 is 4.42 Å². The third kappa shape index (κ3) is 4.49. The van der Waals surface area contributed by atoms with Gasteiger partial charge in [0, 0.05) is 22.0 Å². The van der Waals surface area contributed by atoms with Gasteiger partial charge in [0.25, 0.3) is 0 Å². The van der Waals surface area contributed by atoms with Crippen LogP contribution in [0.1, 0.15) is 0 Å². The number of hydrogen-bond donors (Lipinski definition) is 0. The number of hydrogen-bond acceptors (Lipinski definition) is 2. The van der Waals surface area contributed by atoms with Crippen molar-refractivity contribution in [3.05, 3.63) is 170 Å². The number of rotatable bonds is 5. The lowest BCUT2D eigenvalue weighted by molar-refractivity contribution is 0.620. The minimum absolute atomic E-state index is 0.643. The highest BCUT2D eigenvalue weighted by atomic mass is 16.3. The molecular formula is C43H28N2O. The van der Waals surface area contributed by atoms with Crippen molar-refractivity contribution in [2.75, 3.05) is 0 Å². The number of aromatic nitrogens is 2. The van der Waals surface area contributed by atoms with Crippen molar-refractivity contribution in [3.8, 4) is 50.5 Å². The zero-order chi connectivity index (χ0) is 30.5. The van der Waals surface area contributed by atoms with Crippen LogP contribution in [0.2, 0.25) is 0 Å². The van der Waals surface area contributed by atoms with Crippen LogP contribution in [0.4, 0.5) is 0 Å². The molecule has 0 saturated heterocycles. The van der Waals surface area contributed by atoms with E-state index in [9.17, 15) is 0 Å². The summed E-state index contributed by atoms with van der Waals surface area (Å²) in [5, 5.41) is 2.50. The van der Waals surface area contributed by atoms with E-state index in [4.69, 9.17) is 4.42 Å². The number of oxazole rings is 1. The Morgan fingerprint density at radius 2 is 0.913 bits per heavy atom. The fourth-order valence-corrected chi connectivity index (χ4v) is 6.52. The molecule has 216 valence electrons. The quantitative estimate of drug-likeness (QED) is 0.200. The summed E-state index contributed by atoms with van der Waals surface area (Å²) in [6.07, 6.45) is 0. The highest BCUT2D eigenvalue weighted by Crippen LogP contribution is 2.36. The summed E-state index contributed by atoms with van der Waals surface area (Å²) >= 11 is 0. The minimum Gasteiger partial charge on any atom is -0.436 e. The molecule has 0 bridgehead atoms. The van der Waals surface area contributed by atoms with E-state index in [1.54, 1.807) is 0 Å².